The Morgan fingerprint density at radius 3 is 3.11 bits per heavy atom. The van der Waals surface area contributed by atoms with E-state index in [0.717, 1.165) is 0 Å². The van der Waals surface area contributed by atoms with E-state index in [9.17, 15) is 9.90 Å². The van der Waals surface area contributed by atoms with Crippen LogP contribution in [-0.4, -0.2) is 48.3 Å². The van der Waals surface area contributed by atoms with E-state index in [1.54, 1.807) is 30.0 Å². The normalized spacial score (nSPS) is 19.9. The van der Waals surface area contributed by atoms with Crippen molar-refractivity contribution in [1.29, 1.82) is 0 Å². The molecule has 1 atom stereocenters. The zero-order valence-electron chi connectivity index (χ0n) is 10.4. The summed E-state index contributed by atoms with van der Waals surface area (Å²) in [6.45, 7) is 3.65. The van der Waals surface area contributed by atoms with E-state index in [1.807, 2.05) is 0 Å². The number of nitrogens with zero attached hydrogens (tertiary/aromatic N) is 1. The van der Waals surface area contributed by atoms with Crippen molar-refractivity contribution in [2.75, 3.05) is 26.3 Å². The number of hydrogen-bond acceptors (Lipinski definition) is 4. The predicted molar refractivity (Wildman–Crippen MR) is 67.5 cm³/mol. The molecule has 1 aromatic rings. The second kappa shape index (κ2) is 5.37. The summed E-state index contributed by atoms with van der Waals surface area (Å²) in [4.78, 5) is 14.2. The van der Waals surface area contributed by atoms with Crippen LogP contribution in [0.15, 0.2) is 18.2 Å². The first kappa shape index (κ1) is 12.9. The number of morpholine rings is 1. The maximum atomic E-state index is 12.4. The smallest absolute Gasteiger partial charge is 0.254 e. The minimum Gasteiger partial charge on any atom is -0.508 e. The molecule has 5 heteroatoms. The van der Waals surface area contributed by atoms with Gasteiger partial charge in [-0.3, -0.25) is 4.79 Å². The predicted octanol–water partition coefficient (Wildman–Crippen LogP) is 0.500. The third kappa shape index (κ3) is 2.32. The number of amides is 1. The molecule has 1 aliphatic rings. The largest absolute Gasteiger partial charge is 0.508 e. The van der Waals surface area contributed by atoms with Gasteiger partial charge >= 0.3 is 0 Å². The van der Waals surface area contributed by atoms with Gasteiger partial charge in [0.1, 0.15) is 5.75 Å². The summed E-state index contributed by atoms with van der Waals surface area (Å²) in [7, 11) is 0. The van der Waals surface area contributed by atoms with E-state index in [-0.39, 0.29) is 17.7 Å². The van der Waals surface area contributed by atoms with Crippen LogP contribution in [-0.2, 0) is 4.74 Å². The molecule has 0 aromatic heterocycles. The number of hydrogen-bond donors (Lipinski definition) is 2. The van der Waals surface area contributed by atoms with Crippen molar-refractivity contribution in [1.82, 2.24) is 4.90 Å². The van der Waals surface area contributed by atoms with Crippen LogP contribution in [0.1, 0.15) is 15.9 Å². The van der Waals surface area contributed by atoms with Crippen LogP contribution in [0.25, 0.3) is 0 Å². The lowest BCUT2D eigenvalue weighted by Crippen LogP contribution is -2.52. The van der Waals surface area contributed by atoms with Crippen LogP contribution >= 0.6 is 0 Å². The third-order valence-electron chi connectivity index (χ3n) is 3.30. The average molecular weight is 250 g/mol. The Kier molecular flexibility index (Phi) is 3.84. The fourth-order valence-corrected chi connectivity index (χ4v) is 2.13. The number of nitrogens with two attached hydrogens (primary N) is 1. The zero-order valence-corrected chi connectivity index (χ0v) is 10.4. The molecule has 1 amide bonds. The lowest BCUT2D eigenvalue weighted by Gasteiger charge is -2.35. The first-order valence-electron chi connectivity index (χ1n) is 6.02. The van der Waals surface area contributed by atoms with Gasteiger partial charge in [-0.2, -0.15) is 0 Å². The molecule has 1 unspecified atom stereocenters. The quantitative estimate of drug-likeness (QED) is 0.801. The average Bonchev–Trinajstić information content (AvgIpc) is 2.41. The number of rotatable bonds is 2. The lowest BCUT2D eigenvalue weighted by molar-refractivity contribution is 0.000782. The van der Waals surface area contributed by atoms with Crippen LogP contribution in [0.2, 0.25) is 0 Å². The van der Waals surface area contributed by atoms with Crippen molar-refractivity contribution < 1.29 is 14.6 Å². The number of carbonyl (C=O) groups is 1. The summed E-state index contributed by atoms with van der Waals surface area (Å²) < 4.78 is 5.32. The molecule has 1 heterocycles. The summed E-state index contributed by atoms with van der Waals surface area (Å²) >= 11 is 0. The van der Waals surface area contributed by atoms with Crippen LogP contribution in [0, 0.1) is 6.92 Å². The Labute approximate surface area is 106 Å². The van der Waals surface area contributed by atoms with E-state index in [1.165, 1.54) is 0 Å². The molecule has 2 rings (SSSR count). The molecule has 1 aromatic carbocycles. The summed E-state index contributed by atoms with van der Waals surface area (Å²) in [5.74, 6) is 0.0422. The van der Waals surface area contributed by atoms with Crippen LogP contribution in [0.4, 0.5) is 0 Å². The van der Waals surface area contributed by atoms with Gasteiger partial charge in [-0.05, 0) is 19.1 Å². The lowest BCUT2D eigenvalue weighted by atomic mass is 10.1. The molecule has 98 valence electrons. The molecule has 1 fully saturated rings. The molecule has 1 saturated heterocycles. The van der Waals surface area contributed by atoms with Gasteiger partial charge in [0.05, 0.1) is 19.3 Å². The number of ether oxygens (including phenoxy) is 1. The minimum atomic E-state index is -0.0952. The Morgan fingerprint density at radius 1 is 1.61 bits per heavy atom. The summed E-state index contributed by atoms with van der Waals surface area (Å²) in [5, 5.41) is 9.65. The Balaban J connectivity index is 2.27. The number of phenols is 1. The fraction of sp³-hybridized carbons (Fsp3) is 0.462. The number of benzene rings is 1. The van der Waals surface area contributed by atoms with E-state index in [4.69, 9.17) is 10.5 Å². The van der Waals surface area contributed by atoms with Crippen molar-refractivity contribution in [2.45, 2.75) is 13.0 Å². The molecule has 0 radical (unpaired) electrons. The van der Waals surface area contributed by atoms with Crippen molar-refractivity contribution in [3.8, 4) is 5.75 Å². The Hall–Kier alpha value is -1.59. The van der Waals surface area contributed by atoms with E-state index < -0.39 is 0 Å². The number of carbonyl (C=O) groups excluding carboxylic acids is 1. The summed E-state index contributed by atoms with van der Waals surface area (Å²) in [5.41, 5.74) is 6.78. The summed E-state index contributed by atoms with van der Waals surface area (Å²) in [6, 6.07) is 4.88. The molecule has 1 aliphatic heterocycles. The highest BCUT2D eigenvalue weighted by molar-refractivity contribution is 5.96. The number of phenolic OH excluding ortho intramolecular Hbond substituents is 1. The Morgan fingerprint density at radius 2 is 2.39 bits per heavy atom. The summed E-state index contributed by atoms with van der Waals surface area (Å²) in [6.07, 6.45) is 0. The van der Waals surface area contributed by atoms with Gasteiger partial charge in [-0.25, -0.2) is 0 Å². The molecule has 18 heavy (non-hydrogen) atoms. The van der Waals surface area contributed by atoms with Crippen molar-refractivity contribution >= 4 is 5.91 Å². The van der Waals surface area contributed by atoms with Crippen LogP contribution in [0.3, 0.4) is 0 Å². The fourth-order valence-electron chi connectivity index (χ4n) is 2.13. The van der Waals surface area contributed by atoms with Crippen molar-refractivity contribution in [2.24, 2.45) is 5.73 Å². The molecular formula is C13H18N2O3. The Bertz CT molecular complexity index is 448. The molecule has 0 bridgehead atoms. The minimum absolute atomic E-state index is 0.0898. The molecule has 0 aliphatic carbocycles. The highest BCUT2D eigenvalue weighted by Gasteiger charge is 2.28. The van der Waals surface area contributed by atoms with Gasteiger partial charge in [-0.15, -0.1) is 0 Å². The van der Waals surface area contributed by atoms with E-state index in [0.29, 0.717) is 37.4 Å². The zero-order chi connectivity index (χ0) is 13.1. The second-order valence-corrected chi connectivity index (χ2v) is 4.41. The molecule has 0 saturated carbocycles. The first-order chi connectivity index (χ1) is 8.65. The van der Waals surface area contributed by atoms with Crippen molar-refractivity contribution in [3.05, 3.63) is 29.3 Å². The maximum Gasteiger partial charge on any atom is 0.254 e. The number of aromatic hydroxyl groups is 1. The van der Waals surface area contributed by atoms with Gasteiger partial charge in [0.25, 0.3) is 5.91 Å². The van der Waals surface area contributed by atoms with Crippen LogP contribution in [0.5, 0.6) is 5.75 Å². The maximum absolute atomic E-state index is 12.4. The monoisotopic (exact) mass is 250 g/mol. The molecular weight excluding hydrogens is 232 g/mol. The topological polar surface area (TPSA) is 75.8 Å². The van der Waals surface area contributed by atoms with Gasteiger partial charge in [0.2, 0.25) is 0 Å². The van der Waals surface area contributed by atoms with Gasteiger partial charge in [0.15, 0.2) is 0 Å². The van der Waals surface area contributed by atoms with Gasteiger partial charge in [0, 0.05) is 24.2 Å². The highest BCUT2D eigenvalue weighted by atomic mass is 16.5. The second-order valence-electron chi connectivity index (χ2n) is 4.41. The molecule has 5 nitrogen and oxygen atoms in total. The van der Waals surface area contributed by atoms with Gasteiger partial charge in [-0.1, -0.05) is 6.07 Å². The first-order valence-corrected chi connectivity index (χ1v) is 6.02. The van der Waals surface area contributed by atoms with Crippen LogP contribution < -0.4 is 5.73 Å². The SMILES string of the molecule is Cc1c(O)cccc1C(=O)N1CCOCC1CN. The standard InChI is InChI=1S/C13H18N2O3/c1-9-11(3-2-4-12(9)16)13(17)15-5-6-18-8-10(15)7-14/h2-4,10,16H,5-8,14H2,1H3. The van der Waals surface area contributed by atoms with E-state index >= 15 is 0 Å². The third-order valence-corrected chi connectivity index (χ3v) is 3.30. The molecule has 3 N–H and O–H groups in total. The van der Waals surface area contributed by atoms with Gasteiger partial charge < -0.3 is 20.5 Å². The van der Waals surface area contributed by atoms with E-state index in [2.05, 4.69) is 0 Å². The van der Waals surface area contributed by atoms with Crippen molar-refractivity contribution in [3.63, 3.8) is 0 Å². The highest BCUT2D eigenvalue weighted by Crippen LogP contribution is 2.22. The molecule has 0 spiro atoms.